The Kier molecular flexibility index (Phi) is 11.8. The van der Waals surface area contributed by atoms with E-state index >= 15 is 0 Å². The van der Waals surface area contributed by atoms with Gasteiger partial charge in [-0.1, -0.05) is 19.8 Å². The molecule has 0 aromatic carbocycles. The van der Waals surface area contributed by atoms with E-state index in [2.05, 4.69) is 6.92 Å². The lowest BCUT2D eigenvalue weighted by molar-refractivity contribution is -0.0465. The van der Waals surface area contributed by atoms with Gasteiger partial charge in [-0.25, -0.2) is 0 Å². The second-order valence-corrected chi connectivity index (χ2v) is 5.23. The summed E-state index contributed by atoms with van der Waals surface area (Å²) in [5.74, 6) is 1.03. The summed E-state index contributed by atoms with van der Waals surface area (Å²) in [5.41, 5.74) is 0. The van der Waals surface area contributed by atoms with Crippen LogP contribution in [0, 0.1) is 11.8 Å². The van der Waals surface area contributed by atoms with Gasteiger partial charge in [-0.15, -0.1) is 0 Å². The van der Waals surface area contributed by atoms with Crippen molar-refractivity contribution >= 4 is 0 Å². The van der Waals surface area contributed by atoms with E-state index < -0.39 is 6.29 Å². The first-order valence-corrected chi connectivity index (χ1v) is 7.21. The van der Waals surface area contributed by atoms with E-state index in [-0.39, 0.29) is 0 Å². The highest BCUT2D eigenvalue weighted by Gasteiger charge is 2.19. The van der Waals surface area contributed by atoms with Gasteiger partial charge < -0.3 is 20.4 Å². The third-order valence-electron chi connectivity index (χ3n) is 3.55. The van der Waals surface area contributed by atoms with Gasteiger partial charge >= 0.3 is 0 Å². The molecule has 1 fully saturated rings. The summed E-state index contributed by atoms with van der Waals surface area (Å²) in [6, 6.07) is 0. The van der Waals surface area contributed by atoms with Crippen molar-refractivity contribution in [3.05, 3.63) is 0 Å². The molecular weight excluding hydrogens is 232 g/mol. The van der Waals surface area contributed by atoms with Gasteiger partial charge in [0.05, 0.1) is 0 Å². The summed E-state index contributed by atoms with van der Waals surface area (Å²) in [5, 5.41) is 34.2. The Morgan fingerprint density at radius 1 is 0.889 bits per heavy atom. The van der Waals surface area contributed by atoms with Crippen LogP contribution < -0.4 is 0 Å². The van der Waals surface area contributed by atoms with E-state index in [0.717, 1.165) is 44.9 Å². The summed E-state index contributed by atoms with van der Waals surface area (Å²) < 4.78 is 0. The van der Waals surface area contributed by atoms with E-state index in [0.29, 0.717) is 31.5 Å². The number of aliphatic hydroxyl groups is 4. The van der Waals surface area contributed by atoms with Crippen molar-refractivity contribution in [3.63, 3.8) is 0 Å². The van der Waals surface area contributed by atoms with Crippen molar-refractivity contribution in [1.82, 2.24) is 0 Å². The highest BCUT2D eigenvalue weighted by Crippen LogP contribution is 2.27. The monoisotopic (exact) mass is 262 g/mol. The molecule has 0 radical (unpaired) electrons. The van der Waals surface area contributed by atoms with Crippen LogP contribution in [0.2, 0.25) is 0 Å². The molecule has 4 heteroatoms. The van der Waals surface area contributed by atoms with Crippen LogP contribution in [0.15, 0.2) is 0 Å². The van der Waals surface area contributed by atoms with Crippen molar-refractivity contribution in [1.29, 1.82) is 0 Å². The maximum atomic E-state index is 8.79. The third kappa shape index (κ3) is 9.83. The highest BCUT2D eigenvalue weighted by atomic mass is 16.5. The number of hydrogen-bond donors (Lipinski definition) is 4. The predicted octanol–water partition coefficient (Wildman–Crippen LogP) is 1.65. The third-order valence-corrected chi connectivity index (χ3v) is 3.55. The molecule has 110 valence electrons. The van der Waals surface area contributed by atoms with E-state index in [1.807, 2.05) is 0 Å². The average Bonchev–Trinajstić information content (AvgIpc) is 2.39. The lowest BCUT2D eigenvalue weighted by Crippen LogP contribution is -2.19. The molecule has 1 aliphatic carbocycles. The topological polar surface area (TPSA) is 80.9 Å². The van der Waals surface area contributed by atoms with Gasteiger partial charge in [0.1, 0.15) is 0 Å². The molecule has 0 aromatic rings. The smallest absolute Gasteiger partial charge is 0.151 e. The first-order valence-electron chi connectivity index (χ1n) is 7.21. The van der Waals surface area contributed by atoms with Crippen molar-refractivity contribution in [2.24, 2.45) is 11.8 Å². The van der Waals surface area contributed by atoms with Gasteiger partial charge in [0, 0.05) is 13.2 Å². The minimum Gasteiger partial charge on any atom is -0.396 e. The zero-order chi connectivity index (χ0) is 13.8. The van der Waals surface area contributed by atoms with Crippen LogP contribution in [-0.4, -0.2) is 39.9 Å². The van der Waals surface area contributed by atoms with E-state index in [4.69, 9.17) is 20.4 Å². The molecule has 0 saturated heterocycles. The molecule has 0 spiro atoms. The van der Waals surface area contributed by atoms with Crippen molar-refractivity contribution in [3.8, 4) is 0 Å². The van der Waals surface area contributed by atoms with E-state index in [1.165, 1.54) is 0 Å². The molecule has 0 amide bonds. The molecule has 0 aliphatic heterocycles. The highest BCUT2D eigenvalue weighted by molar-refractivity contribution is 4.70. The average molecular weight is 262 g/mol. The molecule has 0 aromatic heterocycles. The normalized spacial score (nSPS) is 23.7. The molecule has 0 bridgehead atoms. The predicted molar refractivity (Wildman–Crippen MR) is 72.0 cm³/mol. The lowest BCUT2D eigenvalue weighted by atomic mass is 9.83. The first-order chi connectivity index (χ1) is 8.63. The standard InChI is InChI=1S/C8H16O2.C6H14O2/c9-5-7-1-2-8(6-10)4-3-7;1-2-3-4-5-6(7)8/h7-10H,1-6H2;6-8H,2-5H2,1H3. The summed E-state index contributed by atoms with van der Waals surface area (Å²) in [6.07, 6.45) is 6.97. The molecule has 0 heterocycles. The fourth-order valence-electron chi connectivity index (χ4n) is 2.17. The van der Waals surface area contributed by atoms with Gasteiger partial charge in [-0.2, -0.15) is 0 Å². The van der Waals surface area contributed by atoms with Crippen molar-refractivity contribution < 1.29 is 20.4 Å². The minimum absolute atomic E-state index is 0.331. The zero-order valence-corrected chi connectivity index (χ0v) is 11.6. The maximum absolute atomic E-state index is 8.79. The van der Waals surface area contributed by atoms with E-state index in [1.54, 1.807) is 0 Å². The van der Waals surface area contributed by atoms with Gasteiger partial charge in [0.25, 0.3) is 0 Å². The fourth-order valence-corrected chi connectivity index (χ4v) is 2.17. The SMILES string of the molecule is CCCCCC(O)O.OCC1CCC(CO)CC1. The van der Waals surface area contributed by atoms with Crippen molar-refractivity contribution in [2.75, 3.05) is 13.2 Å². The molecule has 4 nitrogen and oxygen atoms in total. The lowest BCUT2D eigenvalue weighted by Gasteiger charge is -2.25. The van der Waals surface area contributed by atoms with Crippen LogP contribution >= 0.6 is 0 Å². The first kappa shape index (κ1) is 17.8. The van der Waals surface area contributed by atoms with Crippen LogP contribution in [-0.2, 0) is 0 Å². The molecule has 1 saturated carbocycles. The van der Waals surface area contributed by atoms with Crippen LogP contribution in [0.5, 0.6) is 0 Å². The van der Waals surface area contributed by atoms with Crippen molar-refractivity contribution in [2.45, 2.75) is 64.6 Å². The number of hydrogen-bond acceptors (Lipinski definition) is 4. The minimum atomic E-state index is -1.10. The summed E-state index contributed by atoms with van der Waals surface area (Å²) in [7, 11) is 0. The second-order valence-electron chi connectivity index (χ2n) is 5.23. The molecule has 0 atom stereocenters. The Morgan fingerprint density at radius 2 is 1.33 bits per heavy atom. The van der Waals surface area contributed by atoms with E-state index in [9.17, 15) is 0 Å². The van der Waals surface area contributed by atoms with Gasteiger partial charge in [0.15, 0.2) is 6.29 Å². The summed E-state index contributed by atoms with van der Waals surface area (Å²) >= 11 is 0. The molecule has 1 rings (SSSR count). The molecular formula is C14H30O4. The largest absolute Gasteiger partial charge is 0.396 e. The summed E-state index contributed by atoms with van der Waals surface area (Å²) in [4.78, 5) is 0. The Hall–Kier alpha value is -0.160. The molecule has 4 N–H and O–H groups in total. The Labute approximate surface area is 111 Å². The Balaban J connectivity index is 0.000000331. The Morgan fingerprint density at radius 3 is 1.61 bits per heavy atom. The summed E-state index contributed by atoms with van der Waals surface area (Å²) in [6.45, 7) is 2.75. The zero-order valence-electron chi connectivity index (χ0n) is 11.6. The van der Waals surface area contributed by atoms with Gasteiger partial charge in [-0.05, 0) is 50.4 Å². The fraction of sp³-hybridized carbons (Fsp3) is 1.00. The molecule has 1 aliphatic rings. The van der Waals surface area contributed by atoms with Crippen LogP contribution in [0.4, 0.5) is 0 Å². The van der Waals surface area contributed by atoms with Gasteiger partial charge in [0.2, 0.25) is 0 Å². The van der Waals surface area contributed by atoms with Gasteiger partial charge in [-0.3, -0.25) is 0 Å². The molecule has 0 unspecified atom stereocenters. The number of unbranched alkanes of at least 4 members (excludes halogenated alkanes) is 2. The second kappa shape index (κ2) is 11.9. The van der Waals surface area contributed by atoms with Crippen LogP contribution in [0.25, 0.3) is 0 Å². The number of aliphatic hydroxyl groups excluding tert-OH is 3. The van der Waals surface area contributed by atoms with Crippen LogP contribution in [0.3, 0.4) is 0 Å². The quantitative estimate of drug-likeness (QED) is 0.433. The Bertz CT molecular complexity index is 153. The molecule has 18 heavy (non-hydrogen) atoms. The number of rotatable bonds is 6. The maximum Gasteiger partial charge on any atom is 0.151 e. The van der Waals surface area contributed by atoms with Crippen LogP contribution in [0.1, 0.15) is 58.3 Å².